The standard InChI is InChI=1S/C8H16O8/c9-1-3(11)5(13)7(15)8(16)6(14)4(12)2-10/h3-7,9-15H,1-2H2/t3?,4-,5+,6+,7-/m0/s1. The van der Waals surface area contributed by atoms with Gasteiger partial charge in [0.15, 0.2) is 5.78 Å². The maximum Gasteiger partial charge on any atom is 0.195 e. The van der Waals surface area contributed by atoms with E-state index in [1.54, 1.807) is 0 Å². The van der Waals surface area contributed by atoms with Crippen LogP contribution in [-0.2, 0) is 4.79 Å². The summed E-state index contributed by atoms with van der Waals surface area (Å²) in [5.41, 5.74) is 0. The van der Waals surface area contributed by atoms with E-state index in [0.29, 0.717) is 0 Å². The number of Topliss-reactive ketones (excluding diaryl/α,β-unsaturated/α-hetero) is 1. The zero-order valence-electron chi connectivity index (χ0n) is 8.34. The van der Waals surface area contributed by atoms with Crippen LogP contribution < -0.4 is 0 Å². The molecule has 0 radical (unpaired) electrons. The van der Waals surface area contributed by atoms with Crippen LogP contribution in [0.1, 0.15) is 0 Å². The Morgan fingerprint density at radius 3 is 1.62 bits per heavy atom. The minimum atomic E-state index is -2.17. The molecule has 0 aromatic carbocycles. The van der Waals surface area contributed by atoms with Crippen LogP contribution in [0.4, 0.5) is 0 Å². The minimum Gasteiger partial charge on any atom is -0.394 e. The van der Waals surface area contributed by atoms with Gasteiger partial charge < -0.3 is 35.7 Å². The molecule has 5 atom stereocenters. The molecule has 16 heavy (non-hydrogen) atoms. The van der Waals surface area contributed by atoms with Crippen LogP contribution in [0.25, 0.3) is 0 Å². The maximum absolute atomic E-state index is 11.2. The number of hydrogen-bond acceptors (Lipinski definition) is 8. The van der Waals surface area contributed by atoms with Gasteiger partial charge in [0.2, 0.25) is 0 Å². The molecular formula is C8H16O8. The Morgan fingerprint density at radius 1 is 0.812 bits per heavy atom. The van der Waals surface area contributed by atoms with Gasteiger partial charge in [0, 0.05) is 0 Å². The van der Waals surface area contributed by atoms with Crippen LogP contribution >= 0.6 is 0 Å². The van der Waals surface area contributed by atoms with Gasteiger partial charge in [0.05, 0.1) is 13.2 Å². The highest BCUT2D eigenvalue weighted by atomic mass is 16.4. The van der Waals surface area contributed by atoms with E-state index < -0.39 is 49.5 Å². The monoisotopic (exact) mass is 240 g/mol. The molecule has 0 aromatic rings. The fourth-order valence-electron chi connectivity index (χ4n) is 0.951. The van der Waals surface area contributed by atoms with Gasteiger partial charge in [0.25, 0.3) is 0 Å². The van der Waals surface area contributed by atoms with E-state index in [0.717, 1.165) is 0 Å². The summed E-state index contributed by atoms with van der Waals surface area (Å²) in [5.74, 6) is -1.36. The Hall–Kier alpha value is -0.610. The summed E-state index contributed by atoms with van der Waals surface area (Å²) in [6, 6.07) is 0. The van der Waals surface area contributed by atoms with E-state index in [2.05, 4.69) is 0 Å². The quantitative estimate of drug-likeness (QED) is 0.234. The van der Waals surface area contributed by atoms with Gasteiger partial charge >= 0.3 is 0 Å². The fraction of sp³-hybridized carbons (Fsp3) is 0.875. The van der Waals surface area contributed by atoms with Crippen LogP contribution in [0.15, 0.2) is 0 Å². The zero-order chi connectivity index (χ0) is 12.9. The van der Waals surface area contributed by atoms with Crippen molar-refractivity contribution in [3.05, 3.63) is 0 Å². The van der Waals surface area contributed by atoms with Gasteiger partial charge in [-0.25, -0.2) is 0 Å². The molecule has 0 heterocycles. The number of rotatable bonds is 7. The highest BCUT2D eigenvalue weighted by Gasteiger charge is 2.36. The molecule has 0 bridgehead atoms. The van der Waals surface area contributed by atoms with Crippen LogP contribution in [0.2, 0.25) is 0 Å². The molecule has 0 amide bonds. The second-order valence-corrected chi connectivity index (χ2v) is 3.28. The maximum atomic E-state index is 11.2. The van der Waals surface area contributed by atoms with Gasteiger partial charge in [0.1, 0.15) is 30.5 Å². The third-order valence-electron chi connectivity index (χ3n) is 2.04. The van der Waals surface area contributed by atoms with Crippen molar-refractivity contribution >= 4 is 5.78 Å². The molecule has 8 heteroatoms. The third-order valence-corrected chi connectivity index (χ3v) is 2.04. The number of carbonyl (C=O) groups is 1. The first-order valence-corrected chi connectivity index (χ1v) is 4.52. The summed E-state index contributed by atoms with van der Waals surface area (Å²) in [6.07, 6.45) is -9.78. The number of ketones is 1. The molecule has 0 saturated heterocycles. The average Bonchev–Trinajstić information content (AvgIpc) is 2.32. The second-order valence-electron chi connectivity index (χ2n) is 3.28. The second kappa shape index (κ2) is 6.86. The van der Waals surface area contributed by atoms with Crippen LogP contribution in [0.3, 0.4) is 0 Å². The normalized spacial score (nSPS) is 20.9. The number of aliphatic hydroxyl groups is 7. The summed E-state index contributed by atoms with van der Waals surface area (Å²) in [6.45, 7) is -1.79. The average molecular weight is 240 g/mol. The number of hydrogen-bond donors (Lipinski definition) is 7. The van der Waals surface area contributed by atoms with Gasteiger partial charge in [-0.15, -0.1) is 0 Å². The van der Waals surface area contributed by atoms with E-state index in [-0.39, 0.29) is 0 Å². The Morgan fingerprint density at radius 2 is 1.25 bits per heavy atom. The smallest absolute Gasteiger partial charge is 0.195 e. The summed E-state index contributed by atoms with van der Waals surface area (Å²) in [4.78, 5) is 11.2. The molecule has 0 aliphatic carbocycles. The van der Waals surface area contributed by atoms with E-state index in [1.165, 1.54) is 0 Å². The van der Waals surface area contributed by atoms with Gasteiger partial charge in [-0.2, -0.15) is 0 Å². The lowest BCUT2D eigenvalue weighted by Gasteiger charge is -2.23. The summed E-state index contributed by atoms with van der Waals surface area (Å²) in [5, 5.41) is 62.1. The summed E-state index contributed by atoms with van der Waals surface area (Å²) < 4.78 is 0. The number of aliphatic hydroxyl groups excluding tert-OH is 7. The SMILES string of the molecule is O=C([C@@H](O)[C@H](O)C(O)CO)[C@H](O)[C@@H](O)CO. The molecule has 0 spiro atoms. The van der Waals surface area contributed by atoms with Gasteiger partial charge in [-0.05, 0) is 0 Å². The first-order valence-electron chi connectivity index (χ1n) is 4.52. The Balaban J connectivity index is 4.48. The van der Waals surface area contributed by atoms with Crippen molar-refractivity contribution < 1.29 is 40.5 Å². The molecule has 0 fully saturated rings. The van der Waals surface area contributed by atoms with Crippen molar-refractivity contribution in [2.24, 2.45) is 0 Å². The predicted molar refractivity (Wildman–Crippen MR) is 49.2 cm³/mol. The highest BCUT2D eigenvalue weighted by molar-refractivity contribution is 5.88. The van der Waals surface area contributed by atoms with Gasteiger partial charge in [-0.3, -0.25) is 4.79 Å². The summed E-state index contributed by atoms with van der Waals surface area (Å²) >= 11 is 0. The van der Waals surface area contributed by atoms with Crippen LogP contribution in [0, 0.1) is 0 Å². The van der Waals surface area contributed by atoms with Crippen LogP contribution in [-0.4, -0.2) is 85.3 Å². The molecule has 0 rings (SSSR count). The molecule has 0 aliphatic rings. The first-order chi connectivity index (χ1) is 7.36. The first kappa shape index (κ1) is 15.4. The van der Waals surface area contributed by atoms with Crippen molar-refractivity contribution in [3.63, 3.8) is 0 Å². The van der Waals surface area contributed by atoms with E-state index >= 15 is 0 Å². The third kappa shape index (κ3) is 3.76. The van der Waals surface area contributed by atoms with Crippen molar-refractivity contribution in [2.75, 3.05) is 13.2 Å². The van der Waals surface area contributed by atoms with Crippen molar-refractivity contribution in [1.82, 2.24) is 0 Å². The Bertz CT molecular complexity index is 220. The lowest BCUT2D eigenvalue weighted by molar-refractivity contribution is -0.155. The molecule has 1 unspecified atom stereocenters. The van der Waals surface area contributed by atoms with Crippen molar-refractivity contribution in [3.8, 4) is 0 Å². The molecular weight excluding hydrogens is 224 g/mol. The highest BCUT2D eigenvalue weighted by Crippen LogP contribution is 2.06. The minimum absolute atomic E-state index is 0.885. The largest absolute Gasteiger partial charge is 0.394 e. The van der Waals surface area contributed by atoms with E-state index in [4.69, 9.17) is 30.6 Å². The predicted octanol–water partition coefficient (Wildman–Crippen LogP) is -4.66. The number of carbonyl (C=O) groups excluding carboxylic acids is 1. The molecule has 7 N–H and O–H groups in total. The Kier molecular flexibility index (Phi) is 6.60. The topological polar surface area (TPSA) is 159 Å². The zero-order valence-corrected chi connectivity index (χ0v) is 8.34. The van der Waals surface area contributed by atoms with Gasteiger partial charge in [-0.1, -0.05) is 0 Å². The van der Waals surface area contributed by atoms with E-state index in [9.17, 15) is 9.90 Å². The Labute approximate surface area is 91.0 Å². The fourth-order valence-corrected chi connectivity index (χ4v) is 0.951. The lowest BCUT2D eigenvalue weighted by atomic mass is 9.98. The summed E-state index contributed by atoms with van der Waals surface area (Å²) in [7, 11) is 0. The lowest BCUT2D eigenvalue weighted by Crippen LogP contribution is -2.50. The molecule has 8 nitrogen and oxygen atoms in total. The molecule has 0 saturated carbocycles. The molecule has 0 aromatic heterocycles. The van der Waals surface area contributed by atoms with Crippen molar-refractivity contribution in [2.45, 2.75) is 30.5 Å². The van der Waals surface area contributed by atoms with E-state index in [1.807, 2.05) is 0 Å². The van der Waals surface area contributed by atoms with Crippen molar-refractivity contribution in [1.29, 1.82) is 0 Å². The van der Waals surface area contributed by atoms with Crippen LogP contribution in [0.5, 0.6) is 0 Å². The molecule has 96 valence electrons. The molecule has 0 aliphatic heterocycles.